The lowest BCUT2D eigenvalue weighted by Gasteiger charge is -2.38. The van der Waals surface area contributed by atoms with Gasteiger partial charge < -0.3 is 9.47 Å². The van der Waals surface area contributed by atoms with E-state index < -0.39 is 34.0 Å². The standard InChI is InChI=1S/C28H28F3NO5S/c1-17-6-5-7-24(10-17)38(34,35)32-16-23(15-28(3,4)18(2)33)36-26-9-8-19(13-25(26)32)20-11-21(29)14-22(12-20)37-27(30)31/h5-14,23,27H,15-16H2,1-4H3/t23-/m0/s1. The van der Waals surface area contributed by atoms with E-state index in [1.54, 1.807) is 51.1 Å². The molecular weight excluding hydrogens is 519 g/mol. The molecule has 0 spiro atoms. The van der Waals surface area contributed by atoms with Crippen molar-refractivity contribution in [2.24, 2.45) is 5.41 Å². The molecule has 0 amide bonds. The van der Waals surface area contributed by atoms with Crippen molar-refractivity contribution < 1.29 is 35.9 Å². The Bertz CT molecular complexity index is 1470. The van der Waals surface area contributed by atoms with Crippen LogP contribution >= 0.6 is 0 Å². The maximum Gasteiger partial charge on any atom is 0.387 e. The summed E-state index contributed by atoms with van der Waals surface area (Å²) in [7, 11) is -4.07. The maximum absolute atomic E-state index is 14.2. The topological polar surface area (TPSA) is 72.9 Å². The number of halogens is 3. The van der Waals surface area contributed by atoms with Crippen LogP contribution in [0.1, 0.15) is 32.8 Å². The van der Waals surface area contributed by atoms with Crippen molar-refractivity contribution in [3.8, 4) is 22.6 Å². The Labute approximate surface area is 220 Å². The van der Waals surface area contributed by atoms with Gasteiger partial charge in [-0.2, -0.15) is 8.78 Å². The van der Waals surface area contributed by atoms with E-state index in [2.05, 4.69) is 4.74 Å². The van der Waals surface area contributed by atoms with Gasteiger partial charge in [0.15, 0.2) is 0 Å². The summed E-state index contributed by atoms with van der Waals surface area (Å²) in [6, 6.07) is 14.4. The normalized spacial score (nSPS) is 15.7. The molecule has 1 aliphatic heterocycles. The molecule has 1 heterocycles. The van der Waals surface area contributed by atoms with E-state index in [1.807, 2.05) is 0 Å². The number of sulfonamides is 1. The van der Waals surface area contributed by atoms with E-state index in [4.69, 9.17) is 4.74 Å². The van der Waals surface area contributed by atoms with Crippen LogP contribution in [0.25, 0.3) is 11.1 Å². The fraction of sp³-hybridized carbons (Fsp3) is 0.321. The Balaban J connectivity index is 1.82. The SMILES string of the molecule is CC(=O)C(C)(C)C[C@H]1CN(S(=O)(=O)c2cccc(C)c2)c2cc(-c3cc(F)cc(OC(F)F)c3)ccc2O1. The minimum Gasteiger partial charge on any atom is -0.486 e. The summed E-state index contributed by atoms with van der Waals surface area (Å²) in [4.78, 5) is 12.3. The van der Waals surface area contributed by atoms with Crippen molar-refractivity contribution in [2.75, 3.05) is 10.8 Å². The van der Waals surface area contributed by atoms with Crippen LogP contribution in [0.2, 0.25) is 0 Å². The predicted octanol–water partition coefficient (Wildman–Crippen LogP) is 6.36. The summed E-state index contributed by atoms with van der Waals surface area (Å²) in [5.74, 6) is -0.938. The highest BCUT2D eigenvalue weighted by Gasteiger charge is 2.38. The molecule has 0 saturated heterocycles. The third-order valence-corrected chi connectivity index (χ3v) is 8.36. The van der Waals surface area contributed by atoms with Crippen molar-refractivity contribution >= 4 is 21.5 Å². The largest absolute Gasteiger partial charge is 0.486 e. The van der Waals surface area contributed by atoms with Gasteiger partial charge in [-0.25, -0.2) is 12.8 Å². The lowest BCUT2D eigenvalue weighted by atomic mass is 9.82. The van der Waals surface area contributed by atoms with Gasteiger partial charge in [-0.05, 0) is 73.4 Å². The smallest absolute Gasteiger partial charge is 0.387 e. The zero-order valence-electron chi connectivity index (χ0n) is 21.4. The summed E-state index contributed by atoms with van der Waals surface area (Å²) < 4.78 is 79.1. The summed E-state index contributed by atoms with van der Waals surface area (Å²) in [6.07, 6.45) is -0.339. The first-order valence-electron chi connectivity index (χ1n) is 11.9. The van der Waals surface area contributed by atoms with Gasteiger partial charge in [-0.15, -0.1) is 0 Å². The number of hydrogen-bond donors (Lipinski definition) is 0. The number of hydrogen-bond acceptors (Lipinski definition) is 5. The van der Waals surface area contributed by atoms with Crippen molar-refractivity contribution in [2.45, 2.75) is 51.7 Å². The number of rotatable bonds is 8. The number of ether oxygens (including phenoxy) is 2. The molecule has 4 rings (SSSR count). The Morgan fingerprint density at radius 3 is 2.50 bits per heavy atom. The van der Waals surface area contributed by atoms with E-state index in [0.717, 1.165) is 17.7 Å². The first-order valence-corrected chi connectivity index (χ1v) is 13.4. The van der Waals surface area contributed by atoms with E-state index in [-0.39, 0.29) is 46.4 Å². The first-order chi connectivity index (χ1) is 17.8. The number of aryl methyl sites for hydroxylation is 1. The number of carbonyl (C=O) groups excluding carboxylic acids is 1. The molecule has 3 aromatic carbocycles. The molecule has 0 aliphatic carbocycles. The molecule has 6 nitrogen and oxygen atoms in total. The molecule has 3 aromatic rings. The molecule has 0 aromatic heterocycles. The van der Waals surface area contributed by atoms with Gasteiger partial charge in [0.05, 0.1) is 17.1 Å². The molecule has 0 radical (unpaired) electrons. The lowest BCUT2D eigenvalue weighted by Crippen LogP contribution is -2.45. The van der Waals surface area contributed by atoms with Crippen LogP contribution in [0.3, 0.4) is 0 Å². The number of anilines is 1. The third-order valence-electron chi connectivity index (χ3n) is 6.59. The quantitative estimate of drug-likeness (QED) is 0.328. The number of alkyl halides is 2. The second-order valence-electron chi connectivity index (χ2n) is 9.97. The second-order valence-corrected chi connectivity index (χ2v) is 11.8. The molecule has 38 heavy (non-hydrogen) atoms. The number of carbonyl (C=O) groups is 1. The summed E-state index contributed by atoms with van der Waals surface area (Å²) >= 11 is 0. The fourth-order valence-corrected chi connectivity index (χ4v) is 5.95. The molecule has 0 bridgehead atoms. The summed E-state index contributed by atoms with van der Waals surface area (Å²) in [5.41, 5.74) is 0.813. The van der Waals surface area contributed by atoms with Crippen molar-refractivity contribution in [3.63, 3.8) is 0 Å². The molecule has 1 atom stereocenters. The molecule has 202 valence electrons. The number of nitrogens with zero attached hydrogens (tertiary/aromatic N) is 1. The van der Waals surface area contributed by atoms with Crippen LogP contribution in [-0.2, 0) is 14.8 Å². The number of ketones is 1. The number of benzene rings is 3. The van der Waals surface area contributed by atoms with Crippen molar-refractivity contribution in [1.29, 1.82) is 0 Å². The van der Waals surface area contributed by atoms with Crippen LogP contribution in [0, 0.1) is 18.2 Å². The van der Waals surface area contributed by atoms with Gasteiger partial charge in [0.1, 0.15) is 29.2 Å². The van der Waals surface area contributed by atoms with E-state index in [0.29, 0.717) is 5.56 Å². The van der Waals surface area contributed by atoms with Gasteiger partial charge in [0.2, 0.25) is 0 Å². The van der Waals surface area contributed by atoms with Crippen LogP contribution in [0.5, 0.6) is 11.5 Å². The molecule has 0 unspecified atom stereocenters. The van der Waals surface area contributed by atoms with Gasteiger partial charge in [0.25, 0.3) is 10.0 Å². The third kappa shape index (κ3) is 5.80. The Kier molecular flexibility index (Phi) is 7.47. The van der Waals surface area contributed by atoms with Crippen LogP contribution in [-0.4, -0.2) is 33.5 Å². The molecule has 0 saturated carbocycles. The Hall–Kier alpha value is -3.53. The molecule has 0 N–H and O–H groups in total. The highest BCUT2D eigenvalue weighted by Crippen LogP contribution is 2.42. The molecule has 10 heteroatoms. The van der Waals surface area contributed by atoms with Gasteiger partial charge >= 0.3 is 6.61 Å². The number of Topliss-reactive ketones (excluding diaryl/α,β-unsaturated/α-hetero) is 1. The fourth-order valence-electron chi connectivity index (χ4n) is 4.34. The highest BCUT2D eigenvalue weighted by molar-refractivity contribution is 7.92. The average molecular weight is 548 g/mol. The summed E-state index contributed by atoms with van der Waals surface area (Å²) in [5, 5.41) is 0. The van der Waals surface area contributed by atoms with E-state index in [1.165, 1.54) is 29.4 Å². The van der Waals surface area contributed by atoms with Crippen LogP contribution in [0.4, 0.5) is 18.9 Å². The Morgan fingerprint density at radius 2 is 1.84 bits per heavy atom. The maximum atomic E-state index is 14.2. The van der Waals surface area contributed by atoms with E-state index >= 15 is 0 Å². The van der Waals surface area contributed by atoms with Crippen molar-refractivity contribution in [3.05, 3.63) is 72.0 Å². The highest BCUT2D eigenvalue weighted by atomic mass is 32.2. The van der Waals surface area contributed by atoms with Gasteiger partial charge in [-0.3, -0.25) is 9.10 Å². The first kappa shape index (κ1) is 27.5. The van der Waals surface area contributed by atoms with Gasteiger partial charge in [-0.1, -0.05) is 32.0 Å². The average Bonchev–Trinajstić information content (AvgIpc) is 2.82. The lowest BCUT2D eigenvalue weighted by molar-refractivity contribution is -0.126. The second kappa shape index (κ2) is 10.3. The van der Waals surface area contributed by atoms with Crippen LogP contribution < -0.4 is 13.8 Å². The molecule has 1 aliphatic rings. The minimum absolute atomic E-state index is 0.0525. The van der Waals surface area contributed by atoms with Crippen molar-refractivity contribution in [1.82, 2.24) is 0 Å². The molecular formula is C28H28F3NO5S. The minimum atomic E-state index is -4.07. The number of fused-ring (bicyclic) bond motifs is 1. The monoisotopic (exact) mass is 547 g/mol. The van der Waals surface area contributed by atoms with Crippen LogP contribution in [0.15, 0.2) is 65.6 Å². The Morgan fingerprint density at radius 1 is 1.11 bits per heavy atom. The molecule has 0 fully saturated rings. The zero-order chi connectivity index (χ0) is 27.8. The van der Waals surface area contributed by atoms with Gasteiger partial charge in [0, 0.05) is 11.5 Å². The zero-order valence-corrected chi connectivity index (χ0v) is 22.2. The summed E-state index contributed by atoms with van der Waals surface area (Å²) in [6.45, 7) is 3.62. The predicted molar refractivity (Wildman–Crippen MR) is 138 cm³/mol. The van der Waals surface area contributed by atoms with E-state index in [9.17, 15) is 26.4 Å².